The molecule has 0 aliphatic heterocycles. The molecule has 0 spiro atoms. The van der Waals surface area contributed by atoms with E-state index in [0.717, 1.165) is 16.7 Å². The van der Waals surface area contributed by atoms with Crippen LogP contribution in [0.1, 0.15) is 30.5 Å². The van der Waals surface area contributed by atoms with Crippen LogP contribution < -0.4 is 5.32 Å². The van der Waals surface area contributed by atoms with Gasteiger partial charge in [0.1, 0.15) is 0 Å². The van der Waals surface area contributed by atoms with Gasteiger partial charge in [0, 0.05) is 13.2 Å². The Morgan fingerprint density at radius 1 is 1.29 bits per heavy atom. The second-order valence-electron chi connectivity index (χ2n) is 6.00. The number of aliphatic hydroxyl groups excluding tert-OH is 1. The van der Waals surface area contributed by atoms with Gasteiger partial charge >= 0.3 is 0 Å². The van der Waals surface area contributed by atoms with Crippen molar-refractivity contribution in [3.05, 3.63) is 34.9 Å². The van der Waals surface area contributed by atoms with Gasteiger partial charge in [-0.25, -0.2) is 0 Å². The number of carbonyl (C=O) groups is 1. The van der Waals surface area contributed by atoms with Crippen LogP contribution >= 0.6 is 0 Å². The Labute approximate surface area is 127 Å². The second kappa shape index (κ2) is 8.80. The van der Waals surface area contributed by atoms with Crippen LogP contribution in [0.5, 0.6) is 0 Å². The smallest absolute Gasteiger partial charge is 0.224 e. The maximum absolute atomic E-state index is 11.9. The van der Waals surface area contributed by atoms with E-state index in [1.807, 2.05) is 32.0 Å². The highest BCUT2D eigenvalue weighted by molar-refractivity contribution is 5.79. The van der Waals surface area contributed by atoms with Gasteiger partial charge in [-0.1, -0.05) is 37.6 Å². The van der Waals surface area contributed by atoms with Crippen LogP contribution in [0.2, 0.25) is 0 Å². The molecule has 0 heterocycles. The largest absolute Gasteiger partial charge is 0.389 e. The molecule has 1 aromatic carbocycles. The molecule has 0 aliphatic carbocycles. The van der Waals surface area contributed by atoms with Crippen molar-refractivity contribution in [2.75, 3.05) is 19.8 Å². The first kappa shape index (κ1) is 17.7. The minimum atomic E-state index is -0.661. The van der Waals surface area contributed by atoms with Crippen molar-refractivity contribution < 1.29 is 14.6 Å². The van der Waals surface area contributed by atoms with Crippen molar-refractivity contribution in [3.8, 4) is 0 Å². The Hall–Kier alpha value is -1.39. The second-order valence-corrected chi connectivity index (χ2v) is 6.00. The Morgan fingerprint density at radius 2 is 2.00 bits per heavy atom. The molecule has 1 amide bonds. The molecule has 0 fully saturated rings. The fourth-order valence-electron chi connectivity index (χ4n) is 1.96. The Kier molecular flexibility index (Phi) is 7.40. The standard InChI is InChI=1S/C17H27NO3/c1-12(2)10-21-11-16(19)9-18-17(20)8-15-7-13(3)5-6-14(15)4/h5-7,12,16,19H,8-11H2,1-4H3,(H,18,20). The lowest BCUT2D eigenvalue weighted by Gasteiger charge is -2.14. The molecule has 1 atom stereocenters. The SMILES string of the molecule is Cc1ccc(C)c(CC(=O)NCC(O)COCC(C)C)c1. The number of aryl methyl sites for hydroxylation is 2. The van der Waals surface area contributed by atoms with Gasteiger partial charge in [-0.2, -0.15) is 0 Å². The minimum absolute atomic E-state index is 0.0772. The average molecular weight is 293 g/mol. The Morgan fingerprint density at radius 3 is 2.67 bits per heavy atom. The van der Waals surface area contributed by atoms with Crippen molar-refractivity contribution >= 4 is 5.91 Å². The highest BCUT2D eigenvalue weighted by Gasteiger charge is 2.10. The van der Waals surface area contributed by atoms with Gasteiger partial charge in [0.15, 0.2) is 0 Å². The highest BCUT2D eigenvalue weighted by Crippen LogP contribution is 2.11. The summed E-state index contributed by atoms with van der Waals surface area (Å²) in [4.78, 5) is 11.9. The molecule has 0 aliphatic rings. The predicted octanol–water partition coefficient (Wildman–Crippen LogP) is 2.00. The van der Waals surface area contributed by atoms with Crippen molar-refractivity contribution in [2.45, 2.75) is 40.2 Å². The van der Waals surface area contributed by atoms with Gasteiger partial charge in [-0.3, -0.25) is 4.79 Å². The first-order valence-corrected chi connectivity index (χ1v) is 7.47. The fourth-order valence-corrected chi connectivity index (χ4v) is 1.96. The van der Waals surface area contributed by atoms with Crippen molar-refractivity contribution in [3.63, 3.8) is 0 Å². The lowest BCUT2D eigenvalue weighted by molar-refractivity contribution is -0.121. The van der Waals surface area contributed by atoms with Crippen LogP contribution in [0.3, 0.4) is 0 Å². The first-order chi connectivity index (χ1) is 9.88. The normalized spacial score (nSPS) is 12.5. The number of rotatable bonds is 8. The van der Waals surface area contributed by atoms with Gasteiger partial charge in [0.25, 0.3) is 0 Å². The molecule has 1 aromatic rings. The summed E-state index contributed by atoms with van der Waals surface area (Å²) >= 11 is 0. The number of hydrogen-bond acceptors (Lipinski definition) is 3. The van der Waals surface area contributed by atoms with E-state index in [9.17, 15) is 9.90 Å². The number of nitrogens with one attached hydrogen (secondary N) is 1. The van der Waals surface area contributed by atoms with Gasteiger partial charge in [-0.15, -0.1) is 0 Å². The van der Waals surface area contributed by atoms with Crippen LogP contribution in [0, 0.1) is 19.8 Å². The zero-order valence-electron chi connectivity index (χ0n) is 13.5. The molecule has 0 saturated carbocycles. The maximum Gasteiger partial charge on any atom is 0.224 e. The van der Waals surface area contributed by atoms with Crippen molar-refractivity contribution in [1.29, 1.82) is 0 Å². The molecule has 4 heteroatoms. The molecule has 118 valence electrons. The van der Waals surface area contributed by atoms with Crippen LogP contribution in [0.4, 0.5) is 0 Å². The molecule has 21 heavy (non-hydrogen) atoms. The molecular weight excluding hydrogens is 266 g/mol. The zero-order valence-corrected chi connectivity index (χ0v) is 13.5. The van der Waals surface area contributed by atoms with Crippen LogP contribution in [-0.4, -0.2) is 36.9 Å². The van der Waals surface area contributed by atoms with Crippen LogP contribution in [0.25, 0.3) is 0 Å². The van der Waals surface area contributed by atoms with E-state index >= 15 is 0 Å². The lowest BCUT2D eigenvalue weighted by Crippen LogP contribution is -2.35. The molecule has 1 unspecified atom stereocenters. The van der Waals surface area contributed by atoms with E-state index in [2.05, 4.69) is 19.2 Å². The third kappa shape index (κ3) is 7.25. The molecular formula is C17H27NO3. The molecule has 0 aromatic heterocycles. The monoisotopic (exact) mass is 293 g/mol. The number of hydrogen-bond donors (Lipinski definition) is 2. The summed E-state index contributed by atoms with van der Waals surface area (Å²) < 4.78 is 5.34. The summed E-state index contributed by atoms with van der Waals surface area (Å²) in [5, 5.41) is 12.5. The van der Waals surface area contributed by atoms with Crippen LogP contribution in [0.15, 0.2) is 18.2 Å². The number of amides is 1. The molecule has 1 rings (SSSR count). The molecule has 0 saturated heterocycles. The number of ether oxygens (including phenoxy) is 1. The number of aliphatic hydroxyl groups is 1. The maximum atomic E-state index is 11.9. The summed E-state index contributed by atoms with van der Waals surface area (Å²) in [6, 6.07) is 6.08. The third-order valence-corrected chi connectivity index (χ3v) is 3.15. The van der Waals surface area contributed by atoms with E-state index < -0.39 is 6.10 Å². The van der Waals surface area contributed by atoms with E-state index in [1.54, 1.807) is 0 Å². The van der Waals surface area contributed by atoms with E-state index in [-0.39, 0.29) is 19.1 Å². The van der Waals surface area contributed by atoms with E-state index in [1.165, 1.54) is 0 Å². The fraction of sp³-hybridized carbons (Fsp3) is 0.588. The number of benzene rings is 1. The predicted molar refractivity (Wildman–Crippen MR) is 84.3 cm³/mol. The summed E-state index contributed by atoms with van der Waals surface area (Å²) in [5.41, 5.74) is 3.28. The molecule has 0 bridgehead atoms. The zero-order chi connectivity index (χ0) is 15.8. The molecule has 4 nitrogen and oxygen atoms in total. The highest BCUT2D eigenvalue weighted by atomic mass is 16.5. The summed E-state index contributed by atoms with van der Waals surface area (Å²) in [6.45, 7) is 9.21. The lowest BCUT2D eigenvalue weighted by atomic mass is 10.0. The first-order valence-electron chi connectivity index (χ1n) is 7.47. The molecule has 2 N–H and O–H groups in total. The van der Waals surface area contributed by atoms with Gasteiger partial charge in [0.05, 0.1) is 19.1 Å². The number of carbonyl (C=O) groups excluding carboxylic acids is 1. The van der Waals surface area contributed by atoms with Crippen molar-refractivity contribution in [1.82, 2.24) is 5.32 Å². The molecule has 0 radical (unpaired) electrons. The Balaban J connectivity index is 2.32. The van der Waals surface area contributed by atoms with E-state index in [0.29, 0.717) is 18.9 Å². The summed E-state index contributed by atoms with van der Waals surface area (Å²) in [6.07, 6.45) is -0.320. The van der Waals surface area contributed by atoms with Crippen LogP contribution in [-0.2, 0) is 16.0 Å². The van der Waals surface area contributed by atoms with Gasteiger partial charge in [0.2, 0.25) is 5.91 Å². The van der Waals surface area contributed by atoms with Gasteiger partial charge < -0.3 is 15.2 Å². The van der Waals surface area contributed by atoms with Crippen molar-refractivity contribution in [2.24, 2.45) is 5.92 Å². The summed E-state index contributed by atoms with van der Waals surface area (Å²) in [7, 11) is 0. The summed E-state index contributed by atoms with van der Waals surface area (Å²) in [5.74, 6) is 0.364. The minimum Gasteiger partial charge on any atom is -0.389 e. The topological polar surface area (TPSA) is 58.6 Å². The quantitative estimate of drug-likeness (QED) is 0.770. The average Bonchev–Trinajstić information content (AvgIpc) is 2.40. The van der Waals surface area contributed by atoms with Gasteiger partial charge in [-0.05, 0) is 30.9 Å². The third-order valence-electron chi connectivity index (χ3n) is 3.15. The van der Waals surface area contributed by atoms with E-state index in [4.69, 9.17) is 4.74 Å². The Bertz CT molecular complexity index is 457.